The van der Waals surface area contributed by atoms with E-state index in [1.807, 2.05) is 6.92 Å². The van der Waals surface area contributed by atoms with E-state index in [1.165, 1.54) is 10.9 Å². The van der Waals surface area contributed by atoms with E-state index < -0.39 is 0 Å². The van der Waals surface area contributed by atoms with Crippen molar-refractivity contribution in [3.8, 4) is 5.75 Å². The summed E-state index contributed by atoms with van der Waals surface area (Å²) in [7, 11) is 0.0278. The van der Waals surface area contributed by atoms with Crippen LogP contribution in [0.5, 0.6) is 5.75 Å². The first-order chi connectivity index (χ1) is 12.4. The van der Waals surface area contributed by atoms with Gasteiger partial charge >= 0.3 is 6.03 Å². The van der Waals surface area contributed by atoms with Crippen molar-refractivity contribution in [1.29, 1.82) is 0 Å². The molecule has 2 aromatic rings. The fourth-order valence-electron chi connectivity index (χ4n) is 2.03. The molecule has 0 bridgehead atoms. The van der Waals surface area contributed by atoms with Crippen molar-refractivity contribution in [3.05, 3.63) is 45.9 Å². The quantitative estimate of drug-likeness (QED) is 0.440. The number of ether oxygens (including phenoxy) is 1. The number of hydrogen-bond donors (Lipinski definition) is 0. The van der Waals surface area contributed by atoms with Crippen molar-refractivity contribution >= 4 is 70.6 Å². The van der Waals surface area contributed by atoms with Gasteiger partial charge in [0.25, 0.3) is 0 Å². The Bertz CT molecular complexity index is 665. The highest BCUT2D eigenvalue weighted by atomic mass is 35.9. The minimum atomic E-state index is -0.152. The number of carbonyl (C=O) groups excluding carboxylic acids is 1. The van der Waals surface area contributed by atoms with E-state index in [2.05, 4.69) is 4.98 Å². The van der Waals surface area contributed by atoms with Gasteiger partial charge in [0, 0.05) is 24.0 Å². The maximum atomic E-state index is 12.3. The summed E-state index contributed by atoms with van der Waals surface area (Å²) >= 11 is 27.6. The average molecular weight is 480 g/mol. The lowest BCUT2D eigenvalue weighted by molar-refractivity contribution is 0.184. The molecule has 11 heteroatoms. The van der Waals surface area contributed by atoms with E-state index in [1.54, 1.807) is 29.4 Å². The van der Waals surface area contributed by atoms with E-state index in [-0.39, 0.29) is 19.9 Å². The average Bonchev–Trinajstić information content (AvgIpc) is 3.10. The third-order valence-electron chi connectivity index (χ3n) is 3.06. The summed E-state index contributed by atoms with van der Waals surface area (Å²) in [5, 5.41) is 1.12. The zero-order valence-corrected chi connectivity index (χ0v) is 18.5. The van der Waals surface area contributed by atoms with Crippen molar-refractivity contribution in [2.45, 2.75) is 13.3 Å². The monoisotopic (exact) mass is 477 g/mol. The lowest BCUT2D eigenvalue weighted by Crippen LogP contribution is -2.37. The van der Waals surface area contributed by atoms with E-state index in [0.717, 1.165) is 6.42 Å². The number of carbonyl (C=O) groups is 1. The van der Waals surface area contributed by atoms with E-state index in [4.69, 9.17) is 62.0 Å². The predicted molar refractivity (Wildman–Crippen MR) is 112 cm³/mol. The second-order valence-electron chi connectivity index (χ2n) is 4.86. The van der Waals surface area contributed by atoms with Crippen LogP contribution in [0.25, 0.3) is 0 Å². The van der Waals surface area contributed by atoms with Gasteiger partial charge in [0.15, 0.2) is 5.75 Å². The van der Waals surface area contributed by atoms with Crippen molar-refractivity contribution in [2.75, 3.05) is 19.7 Å². The fourth-order valence-corrected chi connectivity index (χ4v) is 2.96. The Morgan fingerprint density at radius 3 is 2.35 bits per heavy atom. The van der Waals surface area contributed by atoms with Crippen LogP contribution in [0.1, 0.15) is 13.3 Å². The van der Waals surface area contributed by atoms with Gasteiger partial charge in [-0.1, -0.05) is 64.2 Å². The summed E-state index contributed by atoms with van der Waals surface area (Å²) in [6.45, 7) is 3.28. The van der Waals surface area contributed by atoms with E-state index >= 15 is 0 Å². The molecule has 2 rings (SSSR count). The van der Waals surface area contributed by atoms with Gasteiger partial charge in [-0.3, -0.25) is 4.57 Å². The normalized spacial score (nSPS) is 10.1. The number of rotatable bonds is 6. The van der Waals surface area contributed by atoms with Crippen molar-refractivity contribution < 1.29 is 9.53 Å². The van der Waals surface area contributed by atoms with Crippen LogP contribution in [-0.4, -0.2) is 40.2 Å². The minimum absolute atomic E-state index is 0.0278. The van der Waals surface area contributed by atoms with Gasteiger partial charge in [-0.05, 0) is 18.6 Å². The van der Waals surface area contributed by atoms with Crippen molar-refractivity contribution in [1.82, 2.24) is 14.5 Å². The van der Waals surface area contributed by atoms with Crippen LogP contribution in [0, 0.1) is 0 Å². The topological polar surface area (TPSA) is 47.4 Å². The molecule has 0 saturated carbocycles. The van der Waals surface area contributed by atoms with Gasteiger partial charge in [0.2, 0.25) is 0 Å². The molecule has 0 spiro atoms. The molecule has 26 heavy (non-hydrogen) atoms. The SMILES string of the molecule is CCCN(CCOc1c(Cl)cc(Cl)cc1Cl)C(=O)n1ccnc1.ClPCl. The number of benzene rings is 1. The molecule has 0 unspecified atom stereocenters. The van der Waals surface area contributed by atoms with Gasteiger partial charge in [-0.15, -0.1) is 0 Å². The van der Waals surface area contributed by atoms with Crippen LogP contribution in [0.15, 0.2) is 30.9 Å². The Morgan fingerprint density at radius 1 is 1.23 bits per heavy atom. The summed E-state index contributed by atoms with van der Waals surface area (Å²) in [6, 6.07) is 2.97. The Hall–Kier alpha value is -0.420. The lowest BCUT2D eigenvalue weighted by Gasteiger charge is -2.22. The van der Waals surface area contributed by atoms with E-state index in [9.17, 15) is 4.79 Å². The van der Waals surface area contributed by atoms with Crippen LogP contribution >= 0.6 is 64.6 Å². The molecule has 0 aliphatic rings. The molecule has 0 radical (unpaired) electrons. The van der Waals surface area contributed by atoms with Gasteiger partial charge in [0.05, 0.1) is 23.9 Å². The number of imidazole rings is 1. The predicted octanol–water partition coefficient (Wildman–Crippen LogP) is 6.57. The van der Waals surface area contributed by atoms with E-state index in [0.29, 0.717) is 33.9 Å². The number of amides is 1. The molecular weight excluding hydrogens is 462 g/mol. The number of nitrogens with zero attached hydrogens (tertiary/aromatic N) is 3. The first-order valence-electron chi connectivity index (χ1n) is 7.45. The zero-order valence-electron chi connectivity index (χ0n) is 13.8. The first kappa shape index (κ1) is 23.6. The molecule has 1 aromatic carbocycles. The number of aromatic nitrogens is 2. The van der Waals surface area contributed by atoms with Gasteiger partial charge in [-0.25, -0.2) is 9.78 Å². The largest absolute Gasteiger partial charge is 0.489 e. The second-order valence-corrected chi connectivity index (χ2v) is 7.97. The van der Waals surface area contributed by atoms with Gasteiger partial charge in [-0.2, -0.15) is 0 Å². The second kappa shape index (κ2) is 12.9. The Kier molecular flexibility index (Phi) is 11.7. The van der Waals surface area contributed by atoms with Crippen LogP contribution in [0.3, 0.4) is 0 Å². The van der Waals surface area contributed by atoms with Gasteiger partial charge < -0.3 is 9.64 Å². The molecule has 0 saturated heterocycles. The van der Waals surface area contributed by atoms with Crippen LogP contribution < -0.4 is 4.74 Å². The summed E-state index contributed by atoms with van der Waals surface area (Å²) in [5.41, 5.74) is 0. The van der Waals surface area contributed by atoms with Crippen molar-refractivity contribution in [2.24, 2.45) is 0 Å². The Labute approximate surface area is 178 Å². The molecule has 0 N–H and O–H groups in total. The first-order valence-corrected chi connectivity index (χ1v) is 11.6. The fraction of sp³-hybridized carbons (Fsp3) is 0.333. The number of hydrogen-bond acceptors (Lipinski definition) is 3. The molecule has 1 heterocycles. The zero-order chi connectivity index (χ0) is 19.5. The third kappa shape index (κ3) is 7.67. The Balaban J connectivity index is 0.00000105. The summed E-state index contributed by atoms with van der Waals surface area (Å²) in [4.78, 5) is 17.9. The highest BCUT2D eigenvalue weighted by molar-refractivity contribution is 7.90. The van der Waals surface area contributed by atoms with Crippen molar-refractivity contribution in [3.63, 3.8) is 0 Å². The summed E-state index contributed by atoms with van der Waals surface area (Å²) in [6.07, 6.45) is 5.48. The summed E-state index contributed by atoms with van der Waals surface area (Å²) < 4.78 is 7.05. The molecule has 1 amide bonds. The molecule has 0 aliphatic carbocycles. The molecule has 144 valence electrons. The standard InChI is InChI=1S/C15H16Cl3N3O2.Cl2HP/c1-2-4-20(15(22)21-5-3-19-10-21)6-7-23-14-12(17)8-11(16)9-13(14)18;1-3-2/h3,5,8-10H,2,4,6-7H2,1H3;3H. The number of halogens is 5. The maximum absolute atomic E-state index is 12.3. The molecule has 5 nitrogen and oxygen atoms in total. The molecule has 1 aromatic heterocycles. The van der Waals surface area contributed by atoms with Gasteiger partial charge in [0.1, 0.15) is 12.9 Å². The van der Waals surface area contributed by atoms with Crippen LogP contribution in [-0.2, 0) is 0 Å². The smallest absolute Gasteiger partial charge is 0.329 e. The van der Waals surface area contributed by atoms with Crippen LogP contribution in [0.2, 0.25) is 15.1 Å². The molecule has 0 atom stereocenters. The van der Waals surface area contributed by atoms with Crippen LogP contribution in [0.4, 0.5) is 4.79 Å². The molecular formula is C15H17Cl5N3O2P. The maximum Gasteiger partial charge on any atom is 0.329 e. The highest BCUT2D eigenvalue weighted by Gasteiger charge is 2.15. The minimum Gasteiger partial charge on any atom is -0.489 e. The molecule has 0 fully saturated rings. The lowest BCUT2D eigenvalue weighted by atomic mass is 10.3. The third-order valence-corrected chi connectivity index (χ3v) is 3.84. The molecule has 0 aliphatic heterocycles. The summed E-state index contributed by atoms with van der Waals surface area (Å²) in [5.74, 6) is 0.365. The Morgan fingerprint density at radius 2 is 1.85 bits per heavy atom. The highest BCUT2D eigenvalue weighted by Crippen LogP contribution is 2.35.